The van der Waals surface area contributed by atoms with Gasteiger partial charge in [-0.2, -0.15) is 0 Å². The van der Waals surface area contributed by atoms with E-state index >= 15 is 0 Å². The molecule has 0 aromatic heterocycles. The Balaban J connectivity index is 1.72. The molecule has 0 radical (unpaired) electrons. The molecule has 3 rings (SSSR count). The number of benzene rings is 2. The molecule has 1 atom stereocenters. The number of fused-ring (bicyclic) bond motifs is 1. The Morgan fingerprint density at radius 1 is 1.10 bits per heavy atom. The van der Waals surface area contributed by atoms with E-state index in [1.54, 1.807) is 0 Å². The van der Waals surface area contributed by atoms with Gasteiger partial charge in [-0.05, 0) is 23.6 Å². The second-order valence-corrected chi connectivity index (χ2v) is 5.15. The summed E-state index contributed by atoms with van der Waals surface area (Å²) in [7, 11) is 0. The molecule has 1 unspecified atom stereocenters. The molecule has 102 valence electrons. The van der Waals surface area contributed by atoms with Crippen molar-refractivity contribution in [1.82, 2.24) is 0 Å². The number of carbonyl (C=O) groups excluding carboxylic acids is 1. The molecule has 1 aliphatic rings. The highest BCUT2D eigenvalue weighted by Gasteiger charge is 2.25. The molecule has 1 heterocycles. The highest BCUT2D eigenvalue weighted by Crippen LogP contribution is 2.29. The average Bonchev–Trinajstić information content (AvgIpc) is 2.92. The van der Waals surface area contributed by atoms with Crippen molar-refractivity contribution in [1.29, 1.82) is 0 Å². The third kappa shape index (κ3) is 2.45. The summed E-state index contributed by atoms with van der Waals surface area (Å²) in [5.74, 6) is 0.103. The maximum absolute atomic E-state index is 12.4. The number of para-hydroxylation sites is 1. The number of hydrogen-bond donors (Lipinski definition) is 1. The second-order valence-electron chi connectivity index (χ2n) is 5.15. The van der Waals surface area contributed by atoms with Crippen molar-refractivity contribution in [3.05, 3.63) is 65.7 Å². The third-order valence-corrected chi connectivity index (χ3v) is 3.81. The van der Waals surface area contributed by atoms with E-state index in [9.17, 15) is 4.79 Å². The SMILES string of the molecule is NC(CC(=O)N1CCc2ccccc21)c1ccccc1. The Hall–Kier alpha value is -2.13. The van der Waals surface area contributed by atoms with Crippen LogP contribution < -0.4 is 10.6 Å². The highest BCUT2D eigenvalue weighted by molar-refractivity contribution is 5.95. The zero-order valence-electron chi connectivity index (χ0n) is 11.3. The minimum atomic E-state index is -0.239. The van der Waals surface area contributed by atoms with Crippen LogP contribution in [-0.4, -0.2) is 12.5 Å². The molecule has 0 bridgehead atoms. The summed E-state index contributed by atoms with van der Waals surface area (Å²) in [5.41, 5.74) is 9.43. The van der Waals surface area contributed by atoms with Crippen LogP contribution in [0, 0.1) is 0 Å². The molecule has 2 aromatic rings. The summed E-state index contributed by atoms with van der Waals surface area (Å²) in [4.78, 5) is 14.3. The first-order valence-electron chi connectivity index (χ1n) is 6.94. The molecule has 2 aromatic carbocycles. The lowest BCUT2D eigenvalue weighted by Gasteiger charge is -2.20. The maximum atomic E-state index is 12.4. The van der Waals surface area contributed by atoms with Gasteiger partial charge in [0.05, 0.1) is 0 Å². The second kappa shape index (κ2) is 5.47. The number of rotatable bonds is 3. The monoisotopic (exact) mass is 266 g/mol. The normalized spacial score (nSPS) is 14.9. The van der Waals surface area contributed by atoms with Gasteiger partial charge in [-0.3, -0.25) is 4.79 Å². The van der Waals surface area contributed by atoms with Crippen LogP contribution in [-0.2, 0) is 11.2 Å². The molecule has 3 heteroatoms. The zero-order chi connectivity index (χ0) is 13.9. The highest BCUT2D eigenvalue weighted by atomic mass is 16.2. The Morgan fingerprint density at radius 3 is 2.60 bits per heavy atom. The van der Waals surface area contributed by atoms with Crippen molar-refractivity contribution in [2.45, 2.75) is 18.9 Å². The maximum Gasteiger partial charge on any atom is 0.228 e. The molecule has 2 N–H and O–H groups in total. The quantitative estimate of drug-likeness (QED) is 0.928. The van der Waals surface area contributed by atoms with Gasteiger partial charge in [-0.1, -0.05) is 48.5 Å². The Bertz CT molecular complexity index is 609. The minimum Gasteiger partial charge on any atom is -0.324 e. The van der Waals surface area contributed by atoms with E-state index in [4.69, 9.17) is 5.73 Å². The molecule has 0 spiro atoms. The first-order valence-corrected chi connectivity index (χ1v) is 6.94. The lowest BCUT2D eigenvalue weighted by molar-refractivity contribution is -0.118. The van der Waals surface area contributed by atoms with E-state index in [1.807, 2.05) is 53.4 Å². The molecule has 0 aliphatic carbocycles. The standard InChI is InChI=1S/C17H18N2O/c18-15(13-6-2-1-3-7-13)12-17(20)19-11-10-14-8-4-5-9-16(14)19/h1-9,15H,10-12,18H2. The van der Waals surface area contributed by atoms with Crippen LogP contribution >= 0.6 is 0 Å². The van der Waals surface area contributed by atoms with Crippen LogP contribution in [0.3, 0.4) is 0 Å². The van der Waals surface area contributed by atoms with Gasteiger partial charge in [-0.25, -0.2) is 0 Å². The van der Waals surface area contributed by atoms with Crippen molar-refractivity contribution >= 4 is 11.6 Å². The molecule has 0 saturated carbocycles. The van der Waals surface area contributed by atoms with Crippen LogP contribution in [0.1, 0.15) is 23.6 Å². The topological polar surface area (TPSA) is 46.3 Å². The van der Waals surface area contributed by atoms with Crippen molar-refractivity contribution in [2.24, 2.45) is 5.73 Å². The van der Waals surface area contributed by atoms with Crippen LogP contribution in [0.5, 0.6) is 0 Å². The molecule has 20 heavy (non-hydrogen) atoms. The van der Waals surface area contributed by atoms with Gasteiger partial charge in [0.2, 0.25) is 5.91 Å². The molecule has 1 amide bonds. The third-order valence-electron chi connectivity index (χ3n) is 3.81. The van der Waals surface area contributed by atoms with Gasteiger partial charge in [0.15, 0.2) is 0 Å². The first kappa shape index (κ1) is 12.9. The van der Waals surface area contributed by atoms with Gasteiger partial charge >= 0.3 is 0 Å². The van der Waals surface area contributed by atoms with E-state index in [0.717, 1.165) is 24.2 Å². The van der Waals surface area contributed by atoms with E-state index in [-0.39, 0.29) is 11.9 Å². The molecule has 0 fully saturated rings. The van der Waals surface area contributed by atoms with Gasteiger partial charge in [0, 0.05) is 24.7 Å². The predicted octanol–water partition coefficient (Wildman–Crippen LogP) is 2.67. The van der Waals surface area contributed by atoms with E-state index in [1.165, 1.54) is 5.56 Å². The minimum absolute atomic E-state index is 0.103. The van der Waals surface area contributed by atoms with Crippen molar-refractivity contribution in [3.8, 4) is 0 Å². The number of carbonyl (C=O) groups is 1. The van der Waals surface area contributed by atoms with E-state index < -0.39 is 0 Å². The Kier molecular flexibility index (Phi) is 3.52. The summed E-state index contributed by atoms with van der Waals surface area (Å²) < 4.78 is 0. The smallest absolute Gasteiger partial charge is 0.228 e. The number of nitrogens with zero attached hydrogens (tertiary/aromatic N) is 1. The van der Waals surface area contributed by atoms with Gasteiger partial charge in [0.25, 0.3) is 0 Å². The van der Waals surface area contributed by atoms with Gasteiger partial charge in [-0.15, -0.1) is 0 Å². The largest absolute Gasteiger partial charge is 0.324 e. The van der Waals surface area contributed by atoms with Crippen molar-refractivity contribution in [2.75, 3.05) is 11.4 Å². The summed E-state index contributed by atoms with van der Waals surface area (Å²) in [5, 5.41) is 0. The average molecular weight is 266 g/mol. The molecular weight excluding hydrogens is 248 g/mol. The lowest BCUT2D eigenvalue weighted by Crippen LogP contribution is -2.31. The Morgan fingerprint density at radius 2 is 1.80 bits per heavy atom. The summed E-state index contributed by atoms with van der Waals surface area (Å²) >= 11 is 0. The van der Waals surface area contributed by atoms with Crippen molar-refractivity contribution < 1.29 is 4.79 Å². The number of nitrogens with two attached hydrogens (primary N) is 1. The predicted molar refractivity (Wildman–Crippen MR) is 80.5 cm³/mol. The number of hydrogen-bond acceptors (Lipinski definition) is 2. The number of anilines is 1. The van der Waals surface area contributed by atoms with Crippen LogP contribution in [0.25, 0.3) is 0 Å². The van der Waals surface area contributed by atoms with Crippen LogP contribution in [0.4, 0.5) is 5.69 Å². The zero-order valence-corrected chi connectivity index (χ0v) is 11.3. The Labute approximate surface area is 119 Å². The summed E-state index contributed by atoms with van der Waals surface area (Å²) in [6.45, 7) is 0.764. The fraction of sp³-hybridized carbons (Fsp3) is 0.235. The number of amides is 1. The first-order chi connectivity index (χ1) is 9.75. The fourth-order valence-electron chi connectivity index (χ4n) is 2.71. The summed E-state index contributed by atoms with van der Waals surface area (Å²) in [6.07, 6.45) is 1.28. The summed E-state index contributed by atoms with van der Waals surface area (Å²) in [6, 6.07) is 17.6. The van der Waals surface area contributed by atoms with Crippen LogP contribution in [0.15, 0.2) is 54.6 Å². The lowest BCUT2D eigenvalue weighted by atomic mass is 10.0. The molecular formula is C17H18N2O. The fourth-order valence-corrected chi connectivity index (χ4v) is 2.71. The molecule has 0 saturated heterocycles. The van der Waals surface area contributed by atoms with Gasteiger partial charge < -0.3 is 10.6 Å². The van der Waals surface area contributed by atoms with Crippen molar-refractivity contribution in [3.63, 3.8) is 0 Å². The molecule has 1 aliphatic heterocycles. The van der Waals surface area contributed by atoms with Gasteiger partial charge in [0.1, 0.15) is 0 Å². The molecule has 3 nitrogen and oxygen atoms in total. The van der Waals surface area contributed by atoms with Crippen LogP contribution in [0.2, 0.25) is 0 Å². The van der Waals surface area contributed by atoms with E-state index in [2.05, 4.69) is 6.07 Å². The van der Waals surface area contributed by atoms with E-state index in [0.29, 0.717) is 6.42 Å².